The van der Waals surface area contributed by atoms with Gasteiger partial charge in [-0.1, -0.05) is 12.1 Å². The molecule has 0 bridgehead atoms. The van der Waals surface area contributed by atoms with Crippen molar-refractivity contribution in [2.75, 3.05) is 5.73 Å². The second-order valence-electron chi connectivity index (χ2n) is 4.36. The number of nitro groups is 1. The fourth-order valence-corrected chi connectivity index (χ4v) is 1.71. The molecule has 0 fully saturated rings. The molecule has 8 heteroatoms. The van der Waals surface area contributed by atoms with Gasteiger partial charge < -0.3 is 10.8 Å². The lowest BCUT2D eigenvalue weighted by atomic mass is 10.1. The molecule has 22 heavy (non-hydrogen) atoms. The molecule has 0 spiro atoms. The predicted molar refractivity (Wildman–Crippen MR) is 80.7 cm³/mol. The smallest absolute Gasteiger partial charge is 0.272 e. The zero-order valence-corrected chi connectivity index (χ0v) is 11.3. The van der Waals surface area contributed by atoms with E-state index in [1.54, 1.807) is 12.1 Å². The lowest BCUT2D eigenvalue weighted by Gasteiger charge is -2.02. The number of rotatable bonds is 4. The average molecular weight is 300 g/mol. The van der Waals surface area contributed by atoms with E-state index in [9.17, 15) is 20.0 Å². The van der Waals surface area contributed by atoms with Crippen molar-refractivity contribution >= 4 is 23.5 Å². The summed E-state index contributed by atoms with van der Waals surface area (Å²) in [6.07, 6.45) is 1.33. The summed E-state index contributed by atoms with van der Waals surface area (Å²) in [5.41, 5.74) is 8.19. The van der Waals surface area contributed by atoms with Crippen LogP contribution in [-0.2, 0) is 0 Å². The highest BCUT2D eigenvalue weighted by Crippen LogP contribution is 2.18. The third-order valence-electron chi connectivity index (χ3n) is 2.66. The number of nitrogens with one attached hydrogen (secondary N) is 1. The lowest BCUT2D eigenvalue weighted by molar-refractivity contribution is -0.384. The fourth-order valence-electron chi connectivity index (χ4n) is 1.71. The Morgan fingerprint density at radius 2 is 2.09 bits per heavy atom. The van der Waals surface area contributed by atoms with Crippen LogP contribution < -0.4 is 11.2 Å². The molecule has 0 saturated carbocycles. The lowest BCUT2D eigenvalue weighted by Crippen LogP contribution is -2.18. The number of phenolic OH excluding ortho intramolecular Hbond substituents is 1. The van der Waals surface area contributed by atoms with Crippen molar-refractivity contribution in [1.82, 2.24) is 5.43 Å². The number of anilines is 1. The summed E-state index contributed by atoms with van der Waals surface area (Å²) >= 11 is 0. The second kappa shape index (κ2) is 6.35. The Morgan fingerprint density at radius 1 is 1.32 bits per heavy atom. The van der Waals surface area contributed by atoms with Crippen LogP contribution in [0, 0.1) is 10.1 Å². The van der Waals surface area contributed by atoms with Gasteiger partial charge in [0.1, 0.15) is 5.75 Å². The minimum absolute atomic E-state index is 0.0276. The monoisotopic (exact) mass is 300 g/mol. The first-order valence-electron chi connectivity index (χ1n) is 6.13. The van der Waals surface area contributed by atoms with Crippen LogP contribution in [0.2, 0.25) is 0 Å². The molecule has 4 N–H and O–H groups in total. The molecule has 2 aromatic rings. The van der Waals surface area contributed by atoms with E-state index in [2.05, 4.69) is 10.5 Å². The second-order valence-corrected chi connectivity index (χ2v) is 4.36. The van der Waals surface area contributed by atoms with Gasteiger partial charge in [0.2, 0.25) is 0 Å². The van der Waals surface area contributed by atoms with E-state index in [0.717, 1.165) is 12.1 Å². The standard InChI is InChI=1S/C14H12N4O4/c15-11-5-10(6-12(7-11)18(21)22)14(20)17-16-8-9-2-1-3-13(19)4-9/h1-8,19H,15H2,(H,17,20). The van der Waals surface area contributed by atoms with E-state index in [4.69, 9.17) is 5.73 Å². The van der Waals surface area contributed by atoms with Gasteiger partial charge in [0.15, 0.2) is 0 Å². The molecular formula is C14H12N4O4. The number of nitrogens with zero attached hydrogens (tertiary/aromatic N) is 2. The van der Waals surface area contributed by atoms with Gasteiger partial charge >= 0.3 is 0 Å². The molecule has 0 unspecified atom stereocenters. The number of hydrogen-bond acceptors (Lipinski definition) is 6. The van der Waals surface area contributed by atoms with Crippen molar-refractivity contribution in [1.29, 1.82) is 0 Å². The van der Waals surface area contributed by atoms with Crippen LogP contribution in [0.15, 0.2) is 47.6 Å². The molecule has 0 heterocycles. The van der Waals surface area contributed by atoms with Crippen LogP contribution in [0.4, 0.5) is 11.4 Å². The first kappa shape index (κ1) is 15.0. The number of aromatic hydroxyl groups is 1. The van der Waals surface area contributed by atoms with Crippen LogP contribution in [-0.4, -0.2) is 22.2 Å². The maximum atomic E-state index is 11.9. The number of nitro benzene ring substituents is 1. The Bertz CT molecular complexity index is 758. The average Bonchev–Trinajstić information content (AvgIpc) is 2.46. The molecule has 2 rings (SSSR count). The predicted octanol–water partition coefficient (Wildman–Crippen LogP) is 1.65. The molecule has 0 aromatic heterocycles. The third kappa shape index (κ3) is 3.79. The van der Waals surface area contributed by atoms with Crippen LogP contribution in [0.25, 0.3) is 0 Å². The van der Waals surface area contributed by atoms with Gasteiger partial charge in [0.25, 0.3) is 11.6 Å². The summed E-state index contributed by atoms with van der Waals surface area (Å²) in [6.45, 7) is 0. The fraction of sp³-hybridized carbons (Fsp3) is 0. The Hall–Kier alpha value is -3.42. The highest BCUT2D eigenvalue weighted by molar-refractivity contribution is 5.96. The number of non-ortho nitro benzene ring substituents is 1. The van der Waals surface area contributed by atoms with Crippen LogP contribution in [0.3, 0.4) is 0 Å². The Morgan fingerprint density at radius 3 is 2.77 bits per heavy atom. The Kier molecular flexibility index (Phi) is 4.33. The number of nitrogen functional groups attached to an aromatic ring is 1. The summed E-state index contributed by atoms with van der Waals surface area (Å²) in [7, 11) is 0. The number of nitrogens with two attached hydrogens (primary N) is 1. The number of carbonyl (C=O) groups excluding carboxylic acids is 1. The van der Waals surface area contributed by atoms with E-state index in [0.29, 0.717) is 5.56 Å². The van der Waals surface area contributed by atoms with Crippen LogP contribution >= 0.6 is 0 Å². The molecule has 8 nitrogen and oxygen atoms in total. The zero-order chi connectivity index (χ0) is 16.1. The van der Waals surface area contributed by atoms with Crippen molar-refractivity contribution in [2.24, 2.45) is 5.10 Å². The van der Waals surface area contributed by atoms with Crippen molar-refractivity contribution in [2.45, 2.75) is 0 Å². The normalized spacial score (nSPS) is 10.5. The molecule has 0 aliphatic heterocycles. The SMILES string of the molecule is Nc1cc(C(=O)NN=Cc2cccc(O)c2)cc([N+](=O)[O-])c1. The van der Waals surface area contributed by atoms with Gasteiger partial charge in [-0.3, -0.25) is 14.9 Å². The minimum atomic E-state index is -0.636. The van der Waals surface area contributed by atoms with Crippen molar-refractivity contribution in [3.63, 3.8) is 0 Å². The molecule has 0 aliphatic carbocycles. The first-order chi connectivity index (χ1) is 10.5. The van der Waals surface area contributed by atoms with E-state index in [-0.39, 0.29) is 22.7 Å². The van der Waals surface area contributed by atoms with Gasteiger partial charge in [-0.2, -0.15) is 5.10 Å². The molecule has 0 aliphatic rings. The minimum Gasteiger partial charge on any atom is -0.508 e. The van der Waals surface area contributed by atoms with Gasteiger partial charge in [-0.15, -0.1) is 0 Å². The molecule has 0 saturated heterocycles. The molecule has 0 atom stereocenters. The Labute approximate surface area is 125 Å². The number of phenols is 1. The number of carbonyl (C=O) groups is 1. The molecular weight excluding hydrogens is 288 g/mol. The summed E-state index contributed by atoms with van der Waals surface area (Å²) < 4.78 is 0. The van der Waals surface area contributed by atoms with E-state index in [1.807, 2.05) is 0 Å². The highest BCUT2D eigenvalue weighted by atomic mass is 16.6. The van der Waals surface area contributed by atoms with Crippen LogP contribution in [0.5, 0.6) is 5.75 Å². The van der Waals surface area contributed by atoms with Crippen LogP contribution in [0.1, 0.15) is 15.9 Å². The third-order valence-corrected chi connectivity index (χ3v) is 2.66. The maximum Gasteiger partial charge on any atom is 0.272 e. The summed E-state index contributed by atoms with van der Waals surface area (Å²) in [6, 6.07) is 9.85. The summed E-state index contributed by atoms with van der Waals surface area (Å²) in [4.78, 5) is 22.0. The number of benzene rings is 2. The van der Waals surface area contributed by atoms with Crippen molar-refractivity contribution < 1.29 is 14.8 Å². The molecule has 2 aromatic carbocycles. The summed E-state index contributed by atoms with van der Waals surface area (Å²) in [5, 5.41) is 23.7. The van der Waals surface area contributed by atoms with Gasteiger partial charge in [-0.25, -0.2) is 5.43 Å². The number of hydrogen-bond donors (Lipinski definition) is 3. The van der Waals surface area contributed by atoms with E-state index >= 15 is 0 Å². The number of hydrazone groups is 1. The number of amides is 1. The molecule has 0 radical (unpaired) electrons. The van der Waals surface area contributed by atoms with Crippen molar-refractivity contribution in [3.05, 3.63) is 63.7 Å². The van der Waals surface area contributed by atoms with E-state index in [1.165, 1.54) is 24.4 Å². The highest BCUT2D eigenvalue weighted by Gasteiger charge is 2.13. The largest absolute Gasteiger partial charge is 0.508 e. The van der Waals surface area contributed by atoms with Gasteiger partial charge in [0, 0.05) is 17.8 Å². The van der Waals surface area contributed by atoms with E-state index < -0.39 is 10.8 Å². The maximum absolute atomic E-state index is 11.9. The topological polar surface area (TPSA) is 131 Å². The van der Waals surface area contributed by atoms with Gasteiger partial charge in [-0.05, 0) is 23.8 Å². The van der Waals surface area contributed by atoms with Crippen molar-refractivity contribution in [3.8, 4) is 5.75 Å². The molecule has 1 amide bonds. The zero-order valence-electron chi connectivity index (χ0n) is 11.3. The van der Waals surface area contributed by atoms with Gasteiger partial charge in [0.05, 0.1) is 16.7 Å². The quantitative estimate of drug-likeness (QED) is 0.342. The molecule has 112 valence electrons. The first-order valence-corrected chi connectivity index (χ1v) is 6.13. The Balaban J connectivity index is 2.11. The summed E-state index contributed by atoms with van der Waals surface area (Å²) in [5.74, 6) is -0.562.